The minimum Gasteiger partial charge on any atom is -0.310 e. The van der Waals surface area contributed by atoms with E-state index in [-0.39, 0.29) is 0 Å². The minimum atomic E-state index is -0.489. The van der Waals surface area contributed by atoms with Gasteiger partial charge in [-0.25, -0.2) is 0 Å². The Balaban J connectivity index is 1.25. The van der Waals surface area contributed by atoms with Gasteiger partial charge in [-0.2, -0.15) is 0 Å². The fourth-order valence-corrected chi connectivity index (χ4v) is 10.4. The molecule has 2 aliphatic carbocycles. The molecule has 1 heterocycles. The zero-order valence-electron chi connectivity index (χ0n) is 28.7. The third kappa shape index (κ3) is 4.04. The summed E-state index contributed by atoms with van der Waals surface area (Å²) in [5.74, 6) is 0. The smallest absolute Gasteiger partial charge is 0.0727 e. The van der Waals surface area contributed by atoms with E-state index in [1.807, 2.05) is 11.3 Å². The summed E-state index contributed by atoms with van der Waals surface area (Å²) in [5.41, 5.74) is 17.4. The van der Waals surface area contributed by atoms with Gasteiger partial charge in [0.2, 0.25) is 0 Å². The second kappa shape index (κ2) is 11.1. The van der Waals surface area contributed by atoms with E-state index in [1.54, 1.807) is 0 Å². The molecule has 0 N–H and O–H groups in total. The average Bonchev–Trinajstić information content (AvgIpc) is 3.82. The van der Waals surface area contributed by atoms with Crippen molar-refractivity contribution < 1.29 is 0 Å². The Morgan fingerprint density at radius 2 is 1.12 bits per heavy atom. The highest BCUT2D eigenvalue weighted by Gasteiger charge is 2.52. The van der Waals surface area contributed by atoms with Gasteiger partial charge in [0, 0.05) is 42.8 Å². The summed E-state index contributed by atoms with van der Waals surface area (Å²) < 4.78 is 2.71. The average molecular weight is 680 g/mol. The van der Waals surface area contributed by atoms with Gasteiger partial charge in [0.15, 0.2) is 0 Å². The van der Waals surface area contributed by atoms with Crippen molar-refractivity contribution in [3.05, 3.63) is 210 Å². The SMILES string of the molecule is Cc1cccc(N(c2ccccc2)c2ccc3c(c2)C2(c4cc(-c5ccccc5)ccc4-3)c3ccccc3-c3c2ccc2c3sc3ccccc32)c1. The van der Waals surface area contributed by atoms with Gasteiger partial charge in [0.1, 0.15) is 0 Å². The standard InChI is InChI=1S/C50H33NS/c1-32-13-12-18-36(29-32)51(35-16-6-3-7-17-35)37-24-26-39-38-25-23-34(33-14-4-2-5-15-33)30-45(38)50(46(39)31-37)43-21-10-8-20-42(43)48-44(50)28-27-41-40-19-9-11-22-47(40)52-49(41)48/h2-31H,1H3. The quantitative estimate of drug-likeness (QED) is 0.179. The first-order chi connectivity index (χ1) is 25.7. The molecule has 0 bridgehead atoms. The maximum Gasteiger partial charge on any atom is 0.0727 e. The Kier molecular flexibility index (Phi) is 6.32. The number of hydrogen-bond donors (Lipinski definition) is 0. The van der Waals surface area contributed by atoms with Crippen molar-refractivity contribution in [2.45, 2.75) is 12.3 Å². The Bertz CT molecular complexity index is 2870. The van der Waals surface area contributed by atoms with Crippen molar-refractivity contribution >= 4 is 48.6 Å². The molecule has 0 radical (unpaired) electrons. The van der Waals surface area contributed by atoms with E-state index in [9.17, 15) is 0 Å². The van der Waals surface area contributed by atoms with Crippen LogP contribution in [0, 0.1) is 6.92 Å². The summed E-state index contributed by atoms with van der Waals surface area (Å²) in [5, 5.41) is 2.67. The molecule has 0 amide bonds. The van der Waals surface area contributed by atoms with Crippen LogP contribution in [0.2, 0.25) is 0 Å². The van der Waals surface area contributed by atoms with E-state index in [1.165, 1.54) is 81.4 Å². The molecule has 2 heteroatoms. The third-order valence-corrected chi connectivity index (χ3v) is 12.5. The predicted molar refractivity (Wildman–Crippen MR) is 220 cm³/mol. The number of thiophene rings is 1. The molecule has 9 aromatic rings. The molecular formula is C50H33NS. The molecule has 244 valence electrons. The number of fused-ring (bicyclic) bond motifs is 14. The van der Waals surface area contributed by atoms with E-state index in [2.05, 4.69) is 194 Å². The zero-order valence-corrected chi connectivity index (χ0v) is 29.5. The van der Waals surface area contributed by atoms with Gasteiger partial charge in [-0.15, -0.1) is 11.3 Å². The van der Waals surface area contributed by atoms with Crippen molar-refractivity contribution in [3.63, 3.8) is 0 Å². The number of aryl methyl sites for hydroxylation is 1. The Labute approximate surface area is 307 Å². The third-order valence-electron chi connectivity index (χ3n) is 11.3. The van der Waals surface area contributed by atoms with E-state index in [0.29, 0.717) is 0 Å². The first-order valence-corrected chi connectivity index (χ1v) is 18.8. The van der Waals surface area contributed by atoms with Crippen LogP contribution in [0.5, 0.6) is 0 Å². The minimum absolute atomic E-state index is 0.489. The molecule has 1 nitrogen and oxygen atoms in total. The van der Waals surface area contributed by atoms with Gasteiger partial charge in [0.05, 0.1) is 5.41 Å². The molecule has 0 saturated heterocycles. The fraction of sp³-hybridized carbons (Fsp3) is 0.0400. The van der Waals surface area contributed by atoms with Crippen LogP contribution in [0.25, 0.3) is 53.6 Å². The maximum atomic E-state index is 2.49. The normalized spacial score (nSPS) is 15.1. The molecule has 1 atom stereocenters. The number of para-hydroxylation sites is 1. The highest BCUT2D eigenvalue weighted by atomic mass is 32.1. The number of nitrogens with zero attached hydrogens (tertiary/aromatic N) is 1. The van der Waals surface area contributed by atoms with Crippen LogP contribution in [0.15, 0.2) is 182 Å². The zero-order chi connectivity index (χ0) is 34.4. The lowest BCUT2D eigenvalue weighted by Gasteiger charge is -2.32. The first kappa shape index (κ1) is 29.5. The van der Waals surface area contributed by atoms with E-state index >= 15 is 0 Å². The van der Waals surface area contributed by atoms with Crippen LogP contribution in [0.4, 0.5) is 17.1 Å². The molecule has 0 aliphatic heterocycles. The van der Waals surface area contributed by atoms with Crippen LogP contribution in [-0.2, 0) is 5.41 Å². The van der Waals surface area contributed by atoms with Crippen LogP contribution in [0.3, 0.4) is 0 Å². The molecule has 2 aliphatic rings. The van der Waals surface area contributed by atoms with Gasteiger partial charge < -0.3 is 4.90 Å². The van der Waals surface area contributed by atoms with Crippen LogP contribution < -0.4 is 4.90 Å². The lowest BCUT2D eigenvalue weighted by molar-refractivity contribution is 0.794. The second-order valence-electron chi connectivity index (χ2n) is 14.1. The largest absolute Gasteiger partial charge is 0.310 e. The lowest BCUT2D eigenvalue weighted by atomic mass is 9.70. The van der Waals surface area contributed by atoms with E-state index in [4.69, 9.17) is 0 Å². The van der Waals surface area contributed by atoms with Crippen molar-refractivity contribution in [3.8, 4) is 33.4 Å². The molecule has 0 saturated carbocycles. The molecule has 8 aromatic carbocycles. The Morgan fingerprint density at radius 1 is 0.423 bits per heavy atom. The van der Waals surface area contributed by atoms with Crippen molar-refractivity contribution in [2.75, 3.05) is 4.90 Å². The monoisotopic (exact) mass is 679 g/mol. The molecule has 1 aromatic heterocycles. The summed E-state index contributed by atoms with van der Waals surface area (Å²) in [7, 11) is 0. The molecule has 0 fully saturated rings. The molecule has 11 rings (SSSR count). The number of benzene rings is 8. The molecule has 52 heavy (non-hydrogen) atoms. The highest BCUT2D eigenvalue weighted by Crippen LogP contribution is 2.65. The van der Waals surface area contributed by atoms with Gasteiger partial charge >= 0.3 is 0 Å². The van der Waals surface area contributed by atoms with Crippen molar-refractivity contribution in [1.82, 2.24) is 0 Å². The van der Waals surface area contributed by atoms with Gasteiger partial charge in [-0.05, 0) is 111 Å². The van der Waals surface area contributed by atoms with E-state index in [0.717, 1.165) is 17.1 Å². The Hall–Kier alpha value is -6.22. The summed E-state index contributed by atoms with van der Waals surface area (Å²) in [4.78, 5) is 2.41. The summed E-state index contributed by atoms with van der Waals surface area (Å²) in [6.07, 6.45) is 0. The maximum absolute atomic E-state index is 2.49. The molecular weight excluding hydrogens is 647 g/mol. The topological polar surface area (TPSA) is 3.24 Å². The summed E-state index contributed by atoms with van der Waals surface area (Å²) >= 11 is 1.93. The van der Waals surface area contributed by atoms with Crippen molar-refractivity contribution in [2.24, 2.45) is 0 Å². The number of hydrogen-bond acceptors (Lipinski definition) is 2. The Morgan fingerprint density at radius 3 is 1.96 bits per heavy atom. The van der Waals surface area contributed by atoms with Crippen molar-refractivity contribution in [1.29, 1.82) is 0 Å². The number of anilines is 3. The summed E-state index contributed by atoms with van der Waals surface area (Å²) in [6.45, 7) is 2.17. The number of rotatable bonds is 4. The molecule has 1 spiro atoms. The van der Waals surface area contributed by atoms with Crippen LogP contribution in [0.1, 0.15) is 27.8 Å². The van der Waals surface area contributed by atoms with Gasteiger partial charge in [0.25, 0.3) is 0 Å². The van der Waals surface area contributed by atoms with Gasteiger partial charge in [-0.3, -0.25) is 0 Å². The highest BCUT2D eigenvalue weighted by molar-refractivity contribution is 7.26. The van der Waals surface area contributed by atoms with Gasteiger partial charge in [-0.1, -0.05) is 133 Å². The fourth-order valence-electron chi connectivity index (χ4n) is 9.17. The second-order valence-corrected chi connectivity index (χ2v) is 15.2. The van der Waals surface area contributed by atoms with E-state index < -0.39 is 5.41 Å². The lowest BCUT2D eigenvalue weighted by Crippen LogP contribution is -2.26. The van der Waals surface area contributed by atoms with Crippen LogP contribution >= 0.6 is 11.3 Å². The molecule has 1 unspecified atom stereocenters. The summed E-state index contributed by atoms with van der Waals surface area (Å²) in [6, 6.07) is 67.8. The predicted octanol–water partition coefficient (Wildman–Crippen LogP) is 13.8. The first-order valence-electron chi connectivity index (χ1n) is 18.0. The van der Waals surface area contributed by atoms with Crippen LogP contribution in [-0.4, -0.2) is 0 Å².